The third-order valence-electron chi connectivity index (χ3n) is 6.10. The highest BCUT2D eigenvalue weighted by Crippen LogP contribution is 2.21. The maximum atomic E-state index is 13.3. The summed E-state index contributed by atoms with van der Waals surface area (Å²) < 4.78 is 5.71. The number of ether oxygens (including phenoxy) is 1. The van der Waals surface area contributed by atoms with E-state index in [1.165, 1.54) is 6.42 Å². The topological polar surface area (TPSA) is 58.6 Å². The minimum absolute atomic E-state index is 0.0795. The van der Waals surface area contributed by atoms with Crippen LogP contribution in [0.3, 0.4) is 0 Å². The number of benzene rings is 2. The van der Waals surface area contributed by atoms with Crippen molar-refractivity contribution in [3.63, 3.8) is 0 Å². The van der Waals surface area contributed by atoms with Crippen molar-refractivity contribution in [3.8, 4) is 5.75 Å². The molecule has 2 aromatic rings. The Balaban J connectivity index is 1.76. The zero-order valence-electron chi connectivity index (χ0n) is 19.0. The Bertz CT molecular complexity index is 911. The fourth-order valence-corrected chi connectivity index (χ4v) is 4.40. The van der Waals surface area contributed by atoms with Gasteiger partial charge in [0, 0.05) is 17.6 Å². The summed E-state index contributed by atoms with van der Waals surface area (Å²) >= 11 is 6.03. The van der Waals surface area contributed by atoms with Crippen LogP contribution in [0.5, 0.6) is 5.75 Å². The van der Waals surface area contributed by atoms with Gasteiger partial charge >= 0.3 is 0 Å². The smallest absolute Gasteiger partial charge is 0.261 e. The molecule has 0 aromatic heterocycles. The molecule has 0 heterocycles. The summed E-state index contributed by atoms with van der Waals surface area (Å²) in [6.45, 7) is 4.17. The van der Waals surface area contributed by atoms with Crippen molar-refractivity contribution in [2.75, 3.05) is 6.61 Å². The first-order chi connectivity index (χ1) is 15.5. The van der Waals surface area contributed by atoms with Crippen molar-refractivity contribution in [2.24, 2.45) is 0 Å². The molecular weight excluding hydrogens is 424 g/mol. The second-order valence-electron chi connectivity index (χ2n) is 8.46. The van der Waals surface area contributed by atoms with Crippen molar-refractivity contribution in [1.29, 1.82) is 0 Å². The summed E-state index contributed by atoms with van der Waals surface area (Å²) in [6.07, 6.45) is 6.05. The van der Waals surface area contributed by atoms with Crippen LogP contribution in [0.4, 0.5) is 0 Å². The Labute approximate surface area is 196 Å². The van der Waals surface area contributed by atoms with Crippen molar-refractivity contribution in [3.05, 3.63) is 64.7 Å². The van der Waals surface area contributed by atoms with Crippen molar-refractivity contribution in [2.45, 2.75) is 71.0 Å². The lowest BCUT2D eigenvalue weighted by atomic mass is 9.95. The molecule has 1 atom stereocenters. The third kappa shape index (κ3) is 6.73. The van der Waals surface area contributed by atoms with Gasteiger partial charge in [-0.05, 0) is 55.5 Å². The van der Waals surface area contributed by atoms with Crippen LogP contribution in [-0.4, -0.2) is 35.4 Å². The number of rotatable bonds is 9. The summed E-state index contributed by atoms with van der Waals surface area (Å²) in [4.78, 5) is 28.2. The molecule has 1 saturated carbocycles. The Morgan fingerprint density at radius 2 is 1.88 bits per heavy atom. The van der Waals surface area contributed by atoms with Crippen LogP contribution < -0.4 is 10.1 Å². The molecule has 5 nitrogen and oxygen atoms in total. The molecule has 3 rings (SSSR count). The monoisotopic (exact) mass is 456 g/mol. The van der Waals surface area contributed by atoms with Crippen LogP contribution in [0.25, 0.3) is 0 Å². The highest BCUT2D eigenvalue weighted by Gasteiger charge is 2.30. The fraction of sp³-hybridized carbons (Fsp3) is 0.462. The standard InChI is InChI=1S/C26H33ClN2O3/c1-3-24(26(31)28-22-13-5-4-6-14-22)29(17-20-11-8-7-10-19(20)2)25(30)18-32-23-15-9-12-21(27)16-23/h7-12,15-16,22,24H,3-6,13-14,17-18H2,1-2H3,(H,28,31)/t24-/m0/s1. The highest BCUT2D eigenvalue weighted by molar-refractivity contribution is 6.30. The zero-order valence-corrected chi connectivity index (χ0v) is 19.7. The van der Waals surface area contributed by atoms with Crippen LogP contribution in [0.1, 0.15) is 56.6 Å². The molecule has 0 radical (unpaired) electrons. The van der Waals surface area contributed by atoms with Gasteiger partial charge in [-0.2, -0.15) is 0 Å². The number of hydrogen-bond acceptors (Lipinski definition) is 3. The van der Waals surface area contributed by atoms with E-state index in [4.69, 9.17) is 16.3 Å². The lowest BCUT2D eigenvalue weighted by Crippen LogP contribution is -2.52. The van der Waals surface area contributed by atoms with E-state index in [2.05, 4.69) is 5.32 Å². The number of carbonyl (C=O) groups excluding carboxylic acids is 2. The molecule has 6 heteroatoms. The van der Waals surface area contributed by atoms with Gasteiger partial charge < -0.3 is 15.0 Å². The van der Waals surface area contributed by atoms with Gasteiger partial charge in [-0.3, -0.25) is 9.59 Å². The van der Waals surface area contributed by atoms with Crippen LogP contribution in [-0.2, 0) is 16.1 Å². The second kappa shape index (κ2) is 11.9. The first-order valence-electron chi connectivity index (χ1n) is 11.5. The van der Waals surface area contributed by atoms with Crippen molar-refractivity contribution >= 4 is 23.4 Å². The van der Waals surface area contributed by atoms with E-state index >= 15 is 0 Å². The molecule has 1 fully saturated rings. The zero-order chi connectivity index (χ0) is 22.9. The quantitative estimate of drug-likeness (QED) is 0.558. The molecule has 0 bridgehead atoms. The minimum Gasteiger partial charge on any atom is -0.484 e. The van der Waals surface area contributed by atoms with E-state index < -0.39 is 6.04 Å². The summed E-state index contributed by atoms with van der Waals surface area (Å²) in [5, 5.41) is 3.74. The van der Waals surface area contributed by atoms with Gasteiger partial charge in [0.1, 0.15) is 11.8 Å². The van der Waals surface area contributed by atoms with E-state index in [9.17, 15) is 9.59 Å². The van der Waals surface area contributed by atoms with Crippen LogP contribution in [0.2, 0.25) is 5.02 Å². The number of hydrogen-bond donors (Lipinski definition) is 1. The van der Waals surface area contributed by atoms with Gasteiger partial charge in [-0.1, -0.05) is 68.1 Å². The Morgan fingerprint density at radius 3 is 2.56 bits per heavy atom. The lowest BCUT2D eigenvalue weighted by molar-refractivity contribution is -0.143. The Hall–Kier alpha value is -2.53. The normalized spacial score (nSPS) is 15.1. The predicted octanol–water partition coefficient (Wildman–Crippen LogP) is 5.28. The largest absolute Gasteiger partial charge is 0.484 e. The van der Waals surface area contributed by atoms with E-state index in [1.807, 2.05) is 38.1 Å². The number of halogens is 1. The number of nitrogens with zero attached hydrogens (tertiary/aromatic N) is 1. The molecule has 1 aliphatic rings. The Kier molecular flexibility index (Phi) is 8.98. The average Bonchev–Trinajstić information content (AvgIpc) is 2.79. The van der Waals surface area contributed by atoms with Crippen LogP contribution in [0, 0.1) is 6.92 Å². The summed E-state index contributed by atoms with van der Waals surface area (Å²) in [5.74, 6) is 0.226. The van der Waals surface area contributed by atoms with Crippen LogP contribution >= 0.6 is 11.6 Å². The first-order valence-corrected chi connectivity index (χ1v) is 11.9. The second-order valence-corrected chi connectivity index (χ2v) is 8.90. The number of nitrogens with one attached hydrogen (secondary N) is 1. The molecule has 0 spiro atoms. The van der Waals surface area contributed by atoms with Crippen LogP contribution in [0.15, 0.2) is 48.5 Å². The van der Waals surface area contributed by atoms with Gasteiger partial charge in [0.25, 0.3) is 5.91 Å². The number of carbonyl (C=O) groups is 2. The maximum Gasteiger partial charge on any atom is 0.261 e. The molecule has 172 valence electrons. The average molecular weight is 457 g/mol. The van der Waals surface area contributed by atoms with E-state index in [-0.39, 0.29) is 24.5 Å². The third-order valence-corrected chi connectivity index (χ3v) is 6.33. The first kappa shape index (κ1) is 24.1. The highest BCUT2D eigenvalue weighted by atomic mass is 35.5. The van der Waals surface area contributed by atoms with Crippen molar-refractivity contribution in [1.82, 2.24) is 10.2 Å². The molecule has 2 aromatic carbocycles. The Morgan fingerprint density at radius 1 is 1.12 bits per heavy atom. The molecule has 2 amide bonds. The lowest BCUT2D eigenvalue weighted by Gasteiger charge is -2.33. The summed E-state index contributed by atoms with van der Waals surface area (Å²) in [7, 11) is 0. The minimum atomic E-state index is -0.549. The summed E-state index contributed by atoms with van der Waals surface area (Å²) in [6, 6.07) is 14.6. The van der Waals surface area contributed by atoms with E-state index in [0.29, 0.717) is 23.7 Å². The van der Waals surface area contributed by atoms with Gasteiger partial charge in [0.05, 0.1) is 0 Å². The van der Waals surface area contributed by atoms with Gasteiger partial charge in [-0.15, -0.1) is 0 Å². The van der Waals surface area contributed by atoms with Crippen molar-refractivity contribution < 1.29 is 14.3 Å². The van der Waals surface area contributed by atoms with E-state index in [0.717, 1.165) is 36.8 Å². The molecule has 1 aliphatic carbocycles. The SMILES string of the molecule is CC[C@@H](C(=O)NC1CCCCC1)N(Cc1ccccc1C)C(=O)COc1cccc(Cl)c1. The van der Waals surface area contributed by atoms with E-state index in [1.54, 1.807) is 29.2 Å². The maximum absolute atomic E-state index is 13.3. The van der Waals surface area contributed by atoms with Gasteiger partial charge in [0.15, 0.2) is 6.61 Å². The van der Waals surface area contributed by atoms with Gasteiger partial charge in [0.2, 0.25) is 5.91 Å². The molecule has 0 unspecified atom stereocenters. The molecule has 0 saturated heterocycles. The fourth-order valence-electron chi connectivity index (χ4n) is 4.22. The number of amides is 2. The number of aryl methyl sites for hydroxylation is 1. The molecule has 32 heavy (non-hydrogen) atoms. The molecule has 0 aliphatic heterocycles. The molecule has 1 N–H and O–H groups in total. The summed E-state index contributed by atoms with van der Waals surface area (Å²) in [5.41, 5.74) is 2.11. The molecular formula is C26H33ClN2O3. The van der Waals surface area contributed by atoms with Gasteiger partial charge in [-0.25, -0.2) is 0 Å². The predicted molar refractivity (Wildman–Crippen MR) is 128 cm³/mol.